The van der Waals surface area contributed by atoms with Gasteiger partial charge in [-0.2, -0.15) is 13.2 Å². The number of hydrogen-bond donors (Lipinski definition) is 1. The van der Waals surface area contributed by atoms with E-state index in [2.05, 4.69) is 5.32 Å². The van der Waals surface area contributed by atoms with Crippen LogP contribution in [0.1, 0.15) is 23.5 Å². The SMILES string of the molecule is FC(F)(F)c1ccc(C2CCNC2)cc1Cl. The third-order valence-corrected chi connectivity index (χ3v) is 3.14. The molecule has 1 N–H and O–H groups in total. The molecule has 2 rings (SSSR count). The van der Waals surface area contributed by atoms with Crippen LogP contribution in [0.2, 0.25) is 5.02 Å². The first kappa shape index (κ1) is 11.7. The van der Waals surface area contributed by atoms with E-state index in [1.165, 1.54) is 12.1 Å². The molecule has 88 valence electrons. The van der Waals surface area contributed by atoms with Gasteiger partial charge in [-0.05, 0) is 36.6 Å². The van der Waals surface area contributed by atoms with Crippen LogP contribution in [0.25, 0.3) is 0 Å². The molecule has 1 unspecified atom stereocenters. The molecule has 0 aliphatic carbocycles. The van der Waals surface area contributed by atoms with Gasteiger partial charge in [0.15, 0.2) is 0 Å². The Morgan fingerprint density at radius 2 is 2.06 bits per heavy atom. The predicted molar refractivity (Wildman–Crippen MR) is 56.7 cm³/mol. The first-order valence-electron chi connectivity index (χ1n) is 5.06. The Morgan fingerprint density at radius 1 is 1.31 bits per heavy atom. The Morgan fingerprint density at radius 3 is 2.56 bits per heavy atom. The highest BCUT2D eigenvalue weighted by molar-refractivity contribution is 6.31. The van der Waals surface area contributed by atoms with Gasteiger partial charge in [0.2, 0.25) is 0 Å². The second kappa shape index (κ2) is 4.26. The van der Waals surface area contributed by atoms with E-state index >= 15 is 0 Å². The molecule has 0 radical (unpaired) electrons. The number of hydrogen-bond acceptors (Lipinski definition) is 1. The number of nitrogens with one attached hydrogen (secondary N) is 1. The molecule has 1 aromatic rings. The van der Waals surface area contributed by atoms with E-state index in [-0.39, 0.29) is 10.9 Å². The van der Waals surface area contributed by atoms with Gasteiger partial charge in [-0.3, -0.25) is 0 Å². The average molecular weight is 250 g/mol. The zero-order valence-corrected chi connectivity index (χ0v) is 9.20. The fourth-order valence-electron chi connectivity index (χ4n) is 1.95. The number of rotatable bonds is 1. The maximum atomic E-state index is 12.5. The molecule has 1 aliphatic rings. The molecule has 1 aliphatic heterocycles. The standard InChI is InChI=1S/C11H11ClF3N/c12-10-5-7(8-3-4-16-6-8)1-2-9(10)11(13,14)15/h1-2,5,8,16H,3-4,6H2. The van der Waals surface area contributed by atoms with Gasteiger partial charge in [-0.25, -0.2) is 0 Å². The van der Waals surface area contributed by atoms with Crippen LogP contribution >= 0.6 is 11.6 Å². The molecule has 1 nitrogen and oxygen atoms in total. The van der Waals surface area contributed by atoms with Crippen molar-refractivity contribution in [2.24, 2.45) is 0 Å². The predicted octanol–water partition coefficient (Wildman–Crippen LogP) is 3.44. The highest BCUT2D eigenvalue weighted by Gasteiger charge is 2.33. The Kier molecular flexibility index (Phi) is 3.13. The summed E-state index contributed by atoms with van der Waals surface area (Å²) < 4.78 is 37.4. The lowest BCUT2D eigenvalue weighted by atomic mass is 9.97. The first-order valence-corrected chi connectivity index (χ1v) is 5.43. The van der Waals surface area contributed by atoms with E-state index in [0.29, 0.717) is 0 Å². The van der Waals surface area contributed by atoms with E-state index < -0.39 is 11.7 Å². The lowest BCUT2D eigenvalue weighted by Crippen LogP contribution is -2.09. The molecule has 16 heavy (non-hydrogen) atoms. The molecule has 0 bridgehead atoms. The summed E-state index contributed by atoms with van der Waals surface area (Å²) in [6, 6.07) is 4.02. The lowest BCUT2D eigenvalue weighted by molar-refractivity contribution is -0.137. The van der Waals surface area contributed by atoms with Gasteiger partial charge >= 0.3 is 6.18 Å². The zero-order chi connectivity index (χ0) is 11.8. The van der Waals surface area contributed by atoms with Gasteiger partial charge in [0.1, 0.15) is 0 Å². The van der Waals surface area contributed by atoms with Crippen molar-refractivity contribution in [2.45, 2.75) is 18.5 Å². The first-order chi connectivity index (χ1) is 7.48. The van der Waals surface area contributed by atoms with Gasteiger partial charge in [0.05, 0.1) is 10.6 Å². The summed E-state index contributed by atoms with van der Waals surface area (Å²) in [5.74, 6) is 0.278. The summed E-state index contributed by atoms with van der Waals surface area (Å²) in [5.41, 5.74) is 0.117. The summed E-state index contributed by atoms with van der Waals surface area (Å²) in [7, 11) is 0. The normalized spacial score (nSPS) is 21.4. The van der Waals surface area contributed by atoms with Crippen LogP contribution in [0.3, 0.4) is 0 Å². The van der Waals surface area contributed by atoms with E-state index in [1.54, 1.807) is 0 Å². The van der Waals surface area contributed by atoms with Crippen molar-refractivity contribution in [3.8, 4) is 0 Å². The minimum Gasteiger partial charge on any atom is -0.316 e. The van der Waals surface area contributed by atoms with E-state index in [0.717, 1.165) is 31.1 Å². The fraction of sp³-hybridized carbons (Fsp3) is 0.455. The number of benzene rings is 1. The minimum absolute atomic E-state index is 0.211. The molecular weight excluding hydrogens is 239 g/mol. The fourth-order valence-corrected chi connectivity index (χ4v) is 2.25. The molecule has 0 amide bonds. The quantitative estimate of drug-likeness (QED) is 0.804. The monoisotopic (exact) mass is 249 g/mol. The smallest absolute Gasteiger partial charge is 0.316 e. The van der Waals surface area contributed by atoms with E-state index in [9.17, 15) is 13.2 Å². The van der Waals surface area contributed by atoms with Crippen LogP contribution in [0.4, 0.5) is 13.2 Å². The highest BCUT2D eigenvalue weighted by atomic mass is 35.5. The summed E-state index contributed by atoms with van der Waals surface area (Å²) >= 11 is 5.65. The number of alkyl halides is 3. The summed E-state index contributed by atoms with van der Waals surface area (Å²) in [6.45, 7) is 1.71. The molecule has 1 aromatic carbocycles. The van der Waals surface area contributed by atoms with Crippen LogP contribution in [0.5, 0.6) is 0 Å². The molecule has 1 heterocycles. The van der Waals surface area contributed by atoms with Crippen molar-refractivity contribution in [3.05, 3.63) is 34.3 Å². The van der Waals surface area contributed by atoms with Crippen molar-refractivity contribution in [2.75, 3.05) is 13.1 Å². The molecule has 5 heteroatoms. The molecule has 1 saturated heterocycles. The topological polar surface area (TPSA) is 12.0 Å². The minimum atomic E-state index is -4.37. The largest absolute Gasteiger partial charge is 0.417 e. The molecule has 0 spiro atoms. The highest BCUT2D eigenvalue weighted by Crippen LogP contribution is 2.36. The van der Waals surface area contributed by atoms with Crippen molar-refractivity contribution in [1.29, 1.82) is 0 Å². The van der Waals surface area contributed by atoms with Gasteiger partial charge in [-0.1, -0.05) is 17.7 Å². The number of halogens is 4. The van der Waals surface area contributed by atoms with Gasteiger partial charge in [-0.15, -0.1) is 0 Å². The third-order valence-electron chi connectivity index (χ3n) is 2.83. The van der Waals surface area contributed by atoms with Crippen LogP contribution in [-0.4, -0.2) is 13.1 Å². The molecule has 0 saturated carbocycles. The Balaban J connectivity index is 2.29. The van der Waals surface area contributed by atoms with Crippen molar-refractivity contribution in [3.63, 3.8) is 0 Å². The molecule has 1 atom stereocenters. The summed E-state index contributed by atoms with van der Waals surface area (Å²) in [6.07, 6.45) is -3.43. The molecule has 0 aromatic heterocycles. The van der Waals surface area contributed by atoms with Crippen LogP contribution in [-0.2, 0) is 6.18 Å². The summed E-state index contributed by atoms with van der Waals surface area (Å²) in [5, 5.41) is 2.96. The second-order valence-corrected chi connectivity index (χ2v) is 4.33. The Labute approximate surface area is 96.6 Å². The van der Waals surface area contributed by atoms with Crippen molar-refractivity contribution < 1.29 is 13.2 Å². The molecule has 1 fully saturated rings. The van der Waals surface area contributed by atoms with Crippen LogP contribution in [0.15, 0.2) is 18.2 Å². The second-order valence-electron chi connectivity index (χ2n) is 3.93. The van der Waals surface area contributed by atoms with Gasteiger partial charge in [0, 0.05) is 6.54 Å². The van der Waals surface area contributed by atoms with Crippen molar-refractivity contribution >= 4 is 11.6 Å². The van der Waals surface area contributed by atoms with Crippen LogP contribution < -0.4 is 5.32 Å². The van der Waals surface area contributed by atoms with E-state index in [1.807, 2.05) is 0 Å². The Bertz CT molecular complexity index is 383. The summed E-state index contributed by atoms with van der Waals surface area (Å²) in [4.78, 5) is 0. The Hall–Kier alpha value is -0.740. The third kappa shape index (κ3) is 2.33. The van der Waals surface area contributed by atoms with Gasteiger partial charge < -0.3 is 5.32 Å². The maximum Gasteiger partial charge on any atom is 0.417 e. The van der Waals surface area contributed by atoms with Crippen LogP contribution in [0, 0.1) is 0 Å². The molecular formula is C11H11ClF3N. The van der Waals surface area contributed by atoms with E-state index in [4.69, 9.17) is 11.6 Å². The average Bonchev–Trinajstić information content (AvgIpc) is 2.68. The van der Waals surface area contributed by atoms with Crippen molar-refractivity contribution in [1.82, 2.24) is 5.32 Å². The maximum absolute atomic E-state index is 12.5. The zero-order valence-electron chi connectivity index (χ0n) is 8.44. The lowest BCUT2D eigenvalue weighted by Gasteiger charge is -2.13. The van der Waals surface area contributed by atoms with Gasteiger partial charge in [0.25, 0.3) is 0 Å².